The molecular weight excluding hydrogens is 241 g/mol. The molecule has 0 atom stereocenters. The Hall–Kier alpha value is -0.785. The molecule has 2 heteroatoms. The van der Waals surface area contributed by atoms with Crippen molar-refractivity contribution in [1.82, 2.24) is 4.98 Å². The Morgan fingerprint density at radius 3 is 2.00 bits per heavy atom. The summed E-state index contributed by atoms with van der Waals surface area (Å²) in [7, 11) is 4.50. The maximum absolute atomic E-state index is 4.55. The fourth-order valence-corrected chi connectivity index (χ4v) is 1.73. The van der Waals surface area contributed by atoms with Crippen molar-refractivity contribution in [2.75, 3.05) is 0 Å². The Morgan fingerprint density at radius 1 is 1.10 bits per heavy atom. The number of hydrogen-bond donors (Lipinski definition) is 0. The molecule has 0 amide bonds. The first kappa shape index (κ1) is 21.5. The van der Waals surface area contributed by atoms with E-state index in [1.807, 2.05) is 20.0 Å². The van der Waals surface area contributed by atoms with E-state index in [4.69, 9.17) is 0 Å². The van der Waals surface area contributed by atoms with Gasteiger partial charge in [0.2, 0.25) is 0 Å². The first-order valence-electron chi connectivity index (χ1n) is 7.93. The summed E-state index contributed by atoms with van der Waals surface area (Å²) in [4.78, 5) is 4.55. The zero-order valence-electron chi connectivity index (χ0n) is 15.0. The predicted octanol–water partition coefficient (Wildman–Crippen LogP) is 5.59. The van der Waals surface area contributed by atoms with Crippen LogP contribution in [0, 0.1) is 5.92 Å². The molecule has 1 aromatic heterocycles. The Kier molecular flexibility index (Phi) is 12.9. The molecule has 2 radical (unpaired) electrons. The van der Waals surface area contributed by atoms with Crippen molar-refractivity contribution in [2.24, 2.45) is 5.92 Å². The molecule has 0 N–H and O–H groups in total. The second kappa shape index (κ2) is 12.0. The van der Waals surface area contributed by atoms with E-state index in [-0.39, 0.29) is 5.41 Å². The normalized spacial score (nSPS) is 10.2. The average molecular weight is 275 g/mol. The summed E-state index contributed by atoms with van der Waals surface area (Å²) in [5.41, 5.74) is 2.71. The summed E-state index contributed by atoms with van der Waals surface area (Å²) in [6.45, 7) is 16.7. The minimum absolute atomic E-state index is 0.163. The van der Waals surface area contributed by atoms with Gasteiger partial charge in [-0.2, -0.15) is 0 Å². The number of rotatable bonds is 4. The van der Waals surface area contributed by atoms with Gasteiger partial charge in [0.15, 0.2) is 0 Å². The second-order valence-corrected chi connectivity index (χ2v) is 6.09. The average Bonchev–Trinajstić information content (AvgIpc) is 2.42. The van der Waals surface area contributed by atoms with Crippen LogP contribution in [-0.2, 0) is 11.8 Å². The minimum atomic E-state index is 0.163. The Labute approximate surface area is 129 Å². The molecule has 0 aliphatic rings. The molecule has 1 rings (SSSR count). The van der Waals surface area contributed by atoms with E-state index in [1.54, 1.807) is 0 Å². The summed E-state index contributed by atoms with van der Waals surface area (Å²) < 4.78 is 0. The van der Waals surface area contributed by atoms with Crippen molar-refractivity contribution in [2.45, 2.75) is 80.0 Å². The van der Waals surface area contributed by atoms with Gasteiger partial charge < -0.3 is 0 Å². The summed E-state index contributed by atoms with van der Waals surface area (Å²) in [5.74, 6) is 0.807. The second-order valence-electron chi connectivity index (χ2n) is 6.09. The molecular formula is C18H34BN. The largest absolute Gasteiger partial charge is 0.260 e. The highest BCUT2D eigenvalue weighted by Gasteiger charge is 2.14. The smallest absolute Gasteiger partial charge is 0.0606 e. The summed E-state index contributed by atoms with van der Waals surface area (Å²) >= 11 is 0. The van der Waals surface area contributed by atoms with Gasteiger partial charge in [-0.05, 0) is 30.4 Å². The molecule has 0 unspecified atom stereocenters. The molecule has 0 saturated heterocycles. The van der Waals surface area contributed by atoms with Crippen LogP contribution in [0.1, 0.15) is 72.6 Å². The van der Waals surface area contributed by atoms with Crippen LogP contribution in [0.4, 0.5) is 0 Å². The van der Waals surface area contributed by atoms with Gasteiger partial charge >= 0.3 is 0 Å². The predicted molar refractivity (Wildman–Crippen MR) is 93.7 cm³/mol. The SMILES string of the molecule is CC.CC(C)CCCc1ccc(C(C)(C)C)nc1.[B]C. The monoisotopic (exact) mass is 275 g/mol. The van der Waals surface area contributed by atoms with Crippen LogP contribution in [-0.4, -0.2) is 12.8 Å². The Balaban J connectivity index is 0. The van der Waals surface area contributed by atoms with Gasteiger partial charge in [0.25, 0.3) is 0 Å². The van der Waals surface area contributed by atoms with Gasteiger partial charge in [0.05, 0.1) is 7.85 Å². The van der Waals surface area contributed by atoms with Gasteiger partial charge in [-0.15, -0.1) is 0 Å². The molecule has 0 saturated carbocycles. The lowest BCUT2D eigenvalue weighted by Crippen LogP contribution is -2.13. The third-order valence-corrected chi connectivity index (χ3v) is 2.84. The van der Waals surface area contributed by atoms with Crippen molar-refractivity contribution in [3.63, 3.8) is 0 Å². The van der Waals surface area contributed by atoms with Gasteiger partial charge in [-0.3, -0.25) is 4.98 Å². The highest BCUT2D eigenvalue weighted by atomic mass is 14.7. The molecule has 0 fully saturated rings. The Morgan fingerprint density at radius 2 is 1.65 bits per heavy atom. The quantitative estimate of drug-likeness (QED) is 0.653. The van der Waals surface area contributed by atoms with Gasteiger partial charge in [-0.1, -0.05) is 67.8 Å². The molecule has 20 heavy (non-hydrogen) atoms. The van der Waals surface area contributed by atoms with E-state index in [9.17, 15) is 0 Å². The first-order chi connectivity index (χ1) is 9.39. The zero-order valence-corrected chi connectivity index (χ0v) is 15.0. The van der Waals surface area contributed by atoms with Gasteiger partial charge in [-0.25, -0.2) is 0 Å². The summed E-state index contributed by atoms with van der Waals surface area (Å²) in [5, 5.41) is 0. The van der Waals surface area contributed by atoms with Crippen molar-refractivity contribution >= 4 is 7.85 Å². The van der Waals surface area contributed by atoms with Crippen LogP contribution in [0.5, 0.6) is 0 Å². The third kappa shape index (κ3) is 10.1. The number of pyridine rings is 1. The number of aryl methyl sites for hydroxylation is 1. The lowest BCUT2D eigenvalue weighted by Gasteiger charge is -2.17. The molecule has 1 aromatic rings. The van der Waals surface area contributed by atoms with E-state index in [0.29, 0.717) is 0 Å². The summed E-state index contributed by atoms with van der Waals surface area (Å²) in [6, 6.07) is 4.40. The number of hydrogen-bond acceptors (Lipinski definition) is 1. The molecule has 1 nitrogen and oxygen atoms in total. The van der Waals surface area contributed by atoms with E-state index < -0.39 is 0 Å². The molecule has 1 heterocycles. The van der Waals surface area contributed by atoms with Crippen LogP contribution in [0.25, 0.3) is 0 Å². The van der Waals surface area contributed by atoms with Crippen LogP contribution >= 0.6 is 0 Å². The van der Waals surface area contributed by atoms with E-state index in [0.717, 1.165) is 12.3 Å². The molecule has 0 aromatic carbocycles. The van der Waals surface area contributed by atoms with E-state index in [1.165, 1.54) is 30.9 Å². The van der Waals surface area contributed by atoms with E-state index in [2.05, 4.69) is 59.6 Å². The van der Waals surface area contributed by atoms with Crippen molar-refractivity contribution < 1.29 is 0 Å². The van der Waals surface area contributed by atoms with Crippen molar-refractivity contribution in [3.8, 4) is 0 Å². The third-order valence-electron chi connectivity index (χ3n) is 2.84. The lowest BCUT2D eigenvalue weighted by molar-refractivity contribution is 0.552. The fraction of sp³-hybridized carbons (Fsp3) is 0.722. The first-order valence-corrected chi connectivity index (χ1v) is 7.93. The maximum Gasteiger partial charge on any atom is 0.0606 e. The fourth-order valence-electron chi connectivity index (χ4n) is 1.73. The topological polar surface area (TPSA) is 12.9 Å². The molecule has 0 aliphatic heterocycles. The molecule has 0 spiro atoms. The van der Waals surface area contributed by atoms with Crippen LogP contribution < -0.4 is 0 Å². The number of nitrogens with zero attached hydrogens (tertiary/aromatic N) is 1. The highest BCUT2D eigenvalue weighted by molar-refractivity contribution is 6.05. The minimum Gasteiger partial charge on any atom is -0.260 e. The van der Waals surface area contributed by atoms with Crippen molar-refractivity contribution in [1.29, 1.82) is 0 Å². The van der Waals surface area contributed by atoms with Gasteiger partial charge in [0.1, 0.15) is 0 Å². The molecule has 114 valence electrons. The van der Waals surface area contributed by atoms with Crippen LogP contribution in [0.2, 0.25) is 6.82 Å². The van der Waals surface area contributed by atoms with Crippen LogP contribution in [0.15, 0.2) is 18.3 Å². The van der Waals surface area contributed by atoms with E-state index >= 15 is 0 Å². The Bertz CT molecular complexity index is 309. The van der Waals surface area contributed by atoms with Crippen molar-refractivity contribution in [3.05, 3.63) is 29.6 Å². The van der Waals surface area contributed by atoms with Crippen LogP contribution in [0.3, 0.4) is 0 Å². The standard InChI is InChI=1S/C15H25N.C2H6.CH3B/c1-12(2)7-6-8-13-9-10-14(16-11-13)15(3,4)5;2*1-2/h9-12H,6-8H2,1-5H3;1-2H3;1H3. The molecule has 0 bridgehead atoms. The highest BCUT2D eigenvalue weighted by Crippen LogP contribution is 2.20. The maximum atomic E-state index is 4.55. The lowest BCUT2D eigenvalue weighted by atomic mass is 9.91. The zero-order chi connectivity index (χ0) is 16.2. The number of aromatic nitrogens is 1. The summed E-state index contributed by atoms with van der Waals surface area (Å²) in [6.07, 6.45) is 5.78. The van der Waals surface area contributed by atoms with Gasteiger partial charge in [0, 0.05) is 17.3 Å². The molecule has 0 aliphatic carbocycles.